The lowest BCUT2D eigenvalue weighted by atomic mass is 10.1. The van der Waals surface area contributed by atoms with E-state index < -0.39 is 6.10 Å². The van der Waals surface area contributed by atoms with Gasteiger partial charge in [0.05, 0.1) is 31.4 Å². The Labute approximate surface area is 240 Å². The van der Waals surface area contributed by atoms with Gasteiger partial charge in [-0.2, -0.15) is 0 Å². The maximum Gasteiger partial charge on any atom is 0.215 e. The van der Waals surface area contributed by atoms with Crippen LogP contribution in [0.15, 0.2) is 58.5 Å². The molecule has 9 heteroatoms. The first-order valence-electron chi connectivity index (χ1n) is 13.0. The molecule has 1 unspecified atom stereocenters. The van der Waals surface area contributed by atoms with Gasteiger partial charge in [0, 0.05) is 46.7 Å². The van der Waals surface area contributed by atoms with E-state index in [-0.39, 0.29) is 12.4 Å². The third kappa shape index (κ3) is 5.35. The molecule has 0 amide bonds. The van der Waals surface area contributed by atoms with E-state index in [0.717, 1.165) is 51.1 Å². The number of hydrogen-bond acceptors (Lipinski definition) is 7. The molecular formula is C31H34ClN3O5. The summed E-state index contributed by atoms with van der Waals surface area (Å²) < 4.78 is 25.4. The van der Waals surface area contributed by atoms with Crippen LogP contribution in [0, 0.1) is 12.3 Å². The Kier molecular flexibility index (Phi) is 8.98. The second kappa shape index (κ2) is 12.4. The molecule has 0 saturated carbocycles. The maximum atomic E-state index is 6.07. The third-order valence-electron chi connectivity index (χ3n) is 6.66. The van der Waals surface area contributed by atoms with Crippen LogP contribution in [0.3, 0.4) is 0 Å². The molecule has 5 rings (SSSR count). The van der Waals surface area contributed by atoms with Gasteiger partial charge in [0.15, 0.2) is 11.5 Å². The van der Waals surface area contributed by atoms with Crippen molar-refractivity contribution in [2.45, 2.75) is 20.0 Å². The second-order valence-electron chi connectivity index (χ2n) is 9.47. The molecule has 4 aromatic rings. The molecule has 1 aliphatic carbocycles. The van der Waals surface area contributed by atoms with Crippen LogP contribution in [0.4, 0.5) is 0 Å². The molecule has 8 nitrogen and oxygen atoms in total. The van der Waals surface area contributed by atoms with Crippen molar-refractivity contribution in [3.05, 3.63) is 65.6 Å². The van der Waals surface area contributed by atoms with Crippen LogP contribution >= 0.6 is 12.4 Å². The number of furan rings is 1. The number of aromatic nitrogens is 1. The standard InChI is InChI=1S/C31H33N3O5.ClH/c1-7-26(20-12-14-35-19-20)39-32-30-22-17-27(36-8-2)28(37-9-3)18-23(22)31-29(30)24-16-21(38-15-13-33(4)5)10-11-25(24)34(31)6;/h1,10-12,14,16-19,26H,8-9,13,15H2,2-6H3;1H. The van der Waals surface area contributed by atoms with Gasteiger partial charge in [0.25, 0.3) is 0 Å². The van der Waals surface area contributed by atoms with Gasteiger partial charge >= 0.3 is 0 Å². The monoisotopic (exact) mass is 563 g/mol. The van der Waals surface area contributed by atoms with Gasteiger partial charge in [-0.1, -0.05) is 11.1 Å². The Bertz CT molecular complexity index is 1550. The average molecular weight is 564 g/mol. The van der Waals surface area contributed by atoms with Crippen LogP contribution in [-0.4, -0.2) is 55.6 Å². The fourth-order valence-electron chi connectivity index (χ4n) is 4.85. The van der Waals surface area contributed by atoms with Gasteiger partial charge in [-0.15, -0.1) is 18.8 Å². The molecule has 0 N–H and O–H groups in total. The van der Waals surface area contributed by atoms with Crippen molar-refractivity contribution < 1.29 is 23.5 Å². The van der Waals surface area contributed by atoms with Crippen molar-refractivity contribution >= 4 is 29.0 Å². The largest absolute Gasteiger partial charge is 0.492 e. The molecular weight excluding hydrogens is 530 g/mol. The van der Waals surface area contributed by atoms with Crippen molar-refractivity contribution in [2.75, 3.05) is 40.5 Å². The zero-order chi connectivity index (χ0) is 27.5. The molecule has 2 aromatic heterocycles. The first-order chi connectivity index (χ1) is 19.0. The summed E-state index contributed by atoms with van der Waals surface area (Å²) in [6, 6.07) is 11.9. The Balaban J connectivity index is 0.00000370. The van der Waals surface area contributed by atoms with Crippen LogP contribution in [0.5, 0.6) is 17.2 Å². The normalized spacial score (nSPS) is 13.5. The highest BCUT2D eigenvalue weighted by Gasteiger charge is 2.34. The fraction of sp³-hybridized carbons (Fsp3) is 0.323. The first kappa shape index (κ1) is 28.9. The lowest BCUT2D eigenvalue weighted by molar-refractivity contribution is 0.0996. The van der Waals surface area contributed by atoms with E-state index in [1.165, 1.54) is 0 Å². The molecule has 1 atom stereocenters. The van der Waals surface area contributed by atoms with Gasteiger partial charge in [-0.05, 0) is 64.3 Å². The summed E-state index contributed by atoms with van der Waals surface area (Å²) in [5, 5.41) is 5.67. The van der Waals surface area contributed by atoms with Gasteiger partial charge < -0.3 is 32.9 Å². The zero-order valence-corrected chi connectivity index (χ0v) is 24.2. The summed E-state index contributed by atoms with van der Waals surface area (Å²) in [7, 11) is 6.10. The summed E-state index contributed by atoms with van der Waals surface area (Å²) in [5.74, 6) is 4.78. The number of nitrogens with zero attached hydrogens (tertiary/aromatic N) is 3. The molecule has 1 aliphatic rings. The molecule has 0 saturated heterocycles. The highest BCUT2D eigenvalue weighted by molar-refractivity contribution is 6.30. The summed E-state index contributed by atoms with van der Waals surface area (Å²) in [6.45, 7) is 6.34. The fourth-order valence-corrected chi connectivity index (χ4v) is 4.85. The number of hydrogen-bond donors (Lipinski definition) is 0. The van der Waals surface area contributed by atoms with E-state index >= 15 is 0 Å². The molecule has 2 aromatic carbocycles. The molecule has 0 aliphatic heterocycles. The first-order valence-corrected chi connectivity index (χ1v) is 13.0. The smallest absolute Gasteiger partial charge is 0.215 e. The number of benzene rings is 2. The van der Waals surface area contributed by atoms with E-state index in [9.17, 15) is 0 Å². The Morgan fingerprint density at radius 3 is 2.38 bits per heavy atom. The minimum Gasteiger partial charge on any atom is -0.492 e. The van der Waals surface area contributed by atoms with Crippen LogP contribution in [0.2, 0.25) is 0 Å². The Morgan fingerprint density at radius 2 is 1.75 bits per heavy atom. The molecule has 0 fully saturated rings. The minimum atomic E-state index is -0.697. The number of ether oxygens (including phenoxy) is 3. The van der Waals surface area contributed by atoms with Crippen LogP contribution < -0.4 is 14.2 Å². The topological polar surface area (TPSA) is 70.6 Å². The number of terminal acetylenes is 1. The highest BCUT2D eigenvalue weighted by atomic mass is 35.5. The summed E-state index contributed by atoms with van der Waals surface area (Å²) >= 11 is 0. The van der Waals surface area contributed by atoms with Crippen LogP contribution in [0.25, 0.3) is 22.2 Å². The van der Waals surface area contributed by atoms with E-state index in [0.29, 0.717) is 37.0 Å². The number of rotatable bonds is 11. The molecule has 0 spiro atoms. The SMILES string of the molecule is C#CC(ON=C1c2cc(OCC)c(OCC)cc2-c2c1c1cc(OCCN(C)C)ccc1n2C)c1ccoc1.Cl. The van der Waals surface area contributed by atoms with Crippen molar-refractivity contribution in [2.24, 2.45) is 12.2 Å². The molecule has 2 heterocycles. The number of likely N-dealkylation sites (N-methyl/N-ethyl adjacent to an activating group) is 1. The third-order valence-corrected chi connectivity index (χ3v) is 6.66. The van der Waals surface area contributed by atoms with E-state index in [1.54, 1.807) is 18.6 Å². The summed E-state index contributed by atoms with van der Waals surface area (Å²) in [6.07, 6.45) is 8.22. The van der Waals surface area contributed by atoms with E-state index in [1.807, 2.05) is 53.2 Å². The van der Waals surface area contributed by atoms with E-state index in [2.05, 4.69) is 32.7 Å². The molecule has 0 bridgehead atoms. The van der Waals surface area contributed by atoms with Crippen molar-refractivity contribution in [1.82, 2.24) is 9.47 Å². The number of halogens is 1. The van der Waals surface area contributed by atoms with Gasteiger partial charge in [0.2, 0.25) is 6.10 Å². The lowest BCUT2D eigenvalue weighted by Gasteiger charge is -2.15. The maximum absolute atomic E-state index is 6.07. The van der Waals surface area contributed by atoms with Crippen LogP contribution in [-0.2, 0) is 11.9 Å². The number of aryl methyl sites for hydroxylation is 1. The van der Waals surface area contributed by atoms with Crippen molar-refractivity contribution in [1.29, 1.82) is 0 Å². The second-order valence-corrected chi connectivity index (χ2v) is 9.47. The Morgan fingerprint density at radius 1 is 1.02 bits per heavy atom. The Hall–Kier alpha value is -4.06. The number of fused-ring (bicyclic) bond motifs is 5. The zero-order valence-electron chi connectivity index (χ0n) is 23.4. The molecule has 210 valence electrons. The predicted molar refractivity (Wildman–Crippen MR) is 159 cm³/mol. The van der Waals surface area contributed by atoms with Gasteiger partial charge in [-0.25, -0.2) is 0 Å². The van der Waals surface area contributed by atoms with Crippen molar-refractivity contribution in [3.8, 4) is 40.8 Å². The van der Waals surface area contributed by atoms with Gasteiger partial charge in [0.1, 0.15) is 18.1 Å². The van der Waals surface area contributed by atoms with Gasteiger partial charge in [-0.3, -0.25) is 0 Å². The lowest BCUT2D eigenvalue weighted by Crippen LogP contribution is -2.19. The van der Waals surface area contributed by atoms with E-state index in [4.69, 9.17) is 29.9 Å². The predicted octanol–water partition coefficient (Wildman–Crippen LogP) is 6.05. The van der Waals surface area contributed by atoms with Crippen molar-refractivity contribution in [3.63, 3.8) is 0 Å². The molecule has 0 radical (unpaired) electrons. The minimum absolute atomic E-state index is 0. The molecule has 40 heavy (non-hydrogen) atoms. The highest BCUT2D eigenvalue weighted by Crippen LogP contribution is 2.47. The quantitative estimate of drug-likeness (QED) is 0.144. The number of oxime groups is 1. The van der Waals surface area contributed by atoms with Crippen LogP contribution in [0.1, 0.15) is 36.6 Å². The average Bonchev–Trinajstić information content (AvgIpc) is 3.62. The summed E-state index contributed by atoms with van der Waals surface area (Å²) in [5.41, 5.74) is 6.26. The summed E-state index contributed by atoms with van der Waals surface area (Å²) in [4.78, 5) is 8.05.